The Morgan fingerprint density at radius 1 is 1.05 bits per heavy atom. The Balaban J connectivity index is 1.60. The molecule has 0 spiro atoms. The molecule has 218 valence electrons. The van der Waals surface area contributed by atoms with Gasteiger partial charge in [0.05, 0.1) is 6.61 Å². The molecule has 9 nitrogen and oxygen atoms in total. The third-order valence-corrected chi connectivity index (χ3v) is 7.11. The summed E-state index contributed by atoms with van der Waals surface area (Å²) in [7, 11) is 0. The van der Waals surface area contributed by atoms with Gasteiger partial charge >= 0.3 is 11.9 Å². The van der Waals surface area contributed by atoms with Crippen molar-refractivity contribution in [3.63, 3.8) is 0 Å². The molecule has 0 amide bonds. The monoisotopic (exact) mass is 587 g/mol. The standard InChI is InChI=1S/C32H33N3O6S/c1-20(2)31(39)40-19-22(18-36)41-29(37)14-11-21-15-25(32(3,4)5)30(38)28(16-21)35-33-26-13-12-24(17-27(26)34-35)42-23-9-7-6-8-10-23/h6-17,22,36,38H,1,18-19H2,2-5H3/b14-11+. The molecule has 1 unspecified atom stereocenters. The SMILES string of the molecule is C=C(C)C(=O)OCC(CO)OC(=O)/C=C/c1cc(-n2nc3ccc(Sc4ccccc4)cc3n2)c(O)c(C(C)(C)C)c1. The lowest BCUT2D eigenvalue weighted by molar-refractivity contribution is -0.155. The van der Waals surface area contributed by atoms with Gasteiger partial charge in [-0.25, -0.2) is 9.59 Å². The number of ether oxygens (including phenoxy) is 2. The minimum absolute atomic E-state index is 0.0288. The fourth-order valence-corrected chi connectivity index (χ4v) is 4.81. The first-order valence-corrected chi connectivity index (χ1v) is 14.1. The number of esters is 2. The van der Waals surface area contributed by atoms with Crippen molar-refractivity contribution in [2.75, 3.05) is 13.2 Å². The van der Waals surface area contributed by atoms with Crippen LogP contribution in [0.25, 0.3) is 22.8 Å². The number of aliphatic hydroxyl groups is 1. The number of fused-ring (bicyclic) bond motifs is 1. The molecule has 1 atom stereocenters. The largest absolute Gasteiger partial charge is 0.505 e. The maximum Gasteiger partial charge on any atom is 0.333 e. The van der Waals surface area contributed by atoms with Gasteiger partial charge in [0.25, 0.3) is 0 Å². The van der Waals surface area contributed by atoms with Crippen molar-refractivity contribution in [3.05, 3.63) is 90.0 Å². The van der Waals surface area contributed by atoms with Gasteiger partial charge in [0, 0.05) is 27.0 Å². The zero-order valence-electron chi connectivity index (χ0n) is 23.9. The summed E-state index contributed by atoms with van der Waals surface area (Å²) in [5.74, 6) is -1.35. The van der Waals surface area contributed by atoms with Gasteiger partial charge in [-0.3, -0.25) is 0 Å². The molecular formula is C32H33N3O6S. The summed E-state index contributed by atoms with van der Waals surface area (Å²) < 4.78 is 10.2. The van der Waals surface area contributed by atoms with Crippen LogP contribution < -0.4 is 0 Å². The third kappa shape index (κ3) is 7.65. The molecule has 0 saturated heterocycles. The Bertz CT molecular complexity index is 1640. The maximum absolute atomic E-state index is 12.5. The zero-order valence-corrected chi connectivity index (χ0v) is 24.7. The Hall–Kier alpha value is -4.41. The normalized spacial score (nSPS) is 12.4. The van der Waals surface area contributed by atoms with Crippen molar-refractivity contribution >= 4 is 40.8 Å². The quantitative estimate of drug-likeness (QED) is 0.180. The van der Waals surface area contributed by atoms with Gasteiger partial charge in [0.1, 0.15) is 29.1 Å². The number of aromatic nitrogens is 3. The number of phenols is 1. The molecule has 4 rings (SSSR count). The first-order chi connectivity index (χ1) is 19.9. The second-order valence-corrected chi connectivity index (χ2v) is 11.8. The van der Waals surface area contributed by atoms with Crippen LogP contribution in [0.4, 0.5) is 0 Å². The molecule has 2 N–H and O–H groups in total. The molecule has 0 aliphatic heterocycles. The van der Waals surface area contributed by atoms with Gasteiger partial charge in [-0.1, -0.05) is 57.3 Å². The van der Waals surface area contributed by atoms with Crippen molar-refractivity contribution < 1.29 is 29.3 Å². The molecule has 1 aromatic heterocycles. The van der Waals surface area contributed by atoms with Crippen molar-refractivity contribution in [3.8, 4) is 11.4 Å². The number of rotatable bonds is 10. The molecule has 0 radical (unpaired) electrons. The number of aliphatic hydroxyl groups excluding tert-OH is 1. The van der Waals surface area contributed by atoms with Gasteiger partial charge < -0.3 is 19.7 Å². The molecule has 10 heteroatoms. The Kier molecular flexibility index (Phi) is 9.49. The smallest absolute Gasteiger partial charge is 0.333 e. The average Bonchev–Trinajstić information content (AvgIpc) is 3.37. The second-order valence-electron chi connectivity index (χ2n) is 10.7. The highest BCUT2D eigenvalue weighted by atomic mass is 32.2. The fourth-order valence-electron chi connectivity index (χ4n) is 3.94. The molecule has 0 aliphatic carbocycles. The van der Waals surface area contributed by atoms with Crippen LogP contribution in [0.5, 0.6) is 5.75 Å². The van der Waals surface area contributed by atoms with E-state index in [0.717, 1.165) is 9.79 Å². The highest BCUT2D eigenvalue weighted by Crippen LogP contribution is 2.37. The number of phenolic OH excluding ortho intramolecular Hbond substituents is 1. The lowest BCUT2D eigenvalue weighted by Gasteiger charge is -2.22. The van der Waals surface area contributed by atoms with Crippen LogP contribution in [-0.2, 0) is 24.5 Å². The summed E-state index contributed by atoms with van der Waals surface area (Å²) >= 11 is 1.62. The van der Waals surface area contributed by atoms with Crippen LogP contribution in [0.1, 0.15) is 38.8 Å². The van der Waals surface area contributed by atoms with E-state index < -0.39 is 30.1 Å². The average molecular weight is 588 g/mol. The van der Waals surface area contributed by atoms with E-state index >= 15 is 0 Å². The van der Waals surface area contributed by atoms with E-state index in [1.54, 1.807) is 23.9 Å². The molecule has 0 aliphatic rings. The highest BCUT2D eigenvalue weighted by molar-refractivity contribution is 7.99. The summed E-state index contributed by atoms with van der Waals surface area (Å²) in [5, 5.41) is 30.0. The topological polar surface area (TPSA) is 124 Å². The second kappa shape index (κ2) is 13.1. The Labute approximate surface area is 248 Å². The van der Waals surface area contributed by atoms with Gasteiger partial charge in [0.2, 0.25) is 0 Å². The van der Waals surface area contributed by atoms with Crippen LogP contribution in [0.15, 0.2) is 88.7 Å². The summed E-state index contributed by atoms with van der Waals surface area (Å²) in [6, 6.07) is 19.3. The zero-order chi connectivity index (χ0) is 30.4. The number of carbonyl (C=O) groups is 2. The molecule has 3 aromatic carbocycles. The summed E-state index contributed by atoms with van der Waals surface area (Å²) in [5.41, 5.74) is 2.67. The van der Waals surface area contributed by atoms with E-state index in [1.807, 2.05) is 69.3 Å². The van der Waals surface area contributed by atoms with Crippen molar-refractivity contribution in [2.24, 2.45) is 0 Å². The maximum atomic E-state index is 12.5. The van der Waals surface area contributed by atoms with E-state index in [9.17, 15) is 19.8 Å². The number of aromatic hydroxyl groups is 1. The first-order valence-electron chi connectivity index (χ1n) is 13.2. The van der Waals surface area contributed by atoms with Crippen molar-refractivity contribution in [1.29, 1.82) is 0 Å². The van der Waals surface area contributed by atoms with E-state index in [1.165, 1.54) is 23.9 Å². The van der Waals surface area contributed by atoms with Crippen LogP contribution in [0, 0.1) is 0 Å². The van der Waals surface area contributed by atoms with Crippen molar-refractivity contribution in [2.45, 2.75) is 49.0 Å². The summed E-state index contributed by atoms with van der Waals surface area (Å²) in [6.07, 6.45) is 1.70. The number of nitrogens with zero attached hydrogens (tertiary/aromatic N) is 3. The lowest BCUT2D eigenvalue weighted by Crippen LogP contribution is -2.28. The molecular weight excluding hydrogens is 554 g/mol. The summed E-state index contributed by atoms with van der Waals surface area (Å²) in [4.78, 5) is 27.6. The van der Waals surface area contributed by atoms with Crippen LogP contribution >= 0.6 is 11.8 Å². The minimum Gasteiger partial charge on any atom is -0.505 e. The third-order valence-electron chi connectivity index (χ3n) is 6.11. The van der Waals surface area contributed by atoms with E-state index in [-0.39, 0.29) is 17.9 Å². The molecule has 0 fully saturated rings. The van der Waals surface area contributed by atoms with Crippen LogP contribution in [-0.4, -0.2) is 56.5 Å². The fraction of sp³-hybridized carbons (Fsp3) is 0.250. The molecule has 4 aromatic rings. The predicted octanol–water partition coefficient (Wildman–Crippen LogP) is 5.61. The van der Waals surface area contributed by atoms with Gasteiger partial charge in [-0.2, -0.15) is 0 Å². The van der Waals surface area contributed by atoms with E-state index in [4.69, 9.17) is 9.47 Å². The molecule has 1 heterocycles. The van der Waals surface area contributed by atoms with E-state index in [2.05, 4.69) is 16.8 Å². The van der Waals surface area contributed by atoms with Gasteiger partial charge in [-0.15, -0.1) is 15.0 Å². The first kappa shape index (κ1) is 30.5. The number of hydrogen-bond acceptors (Lipinski definition) is 9. The molecule has 0 bridgehead atoms. The van der Waals surface area contributed by atoms with Gasteiger partial charge in [0.15, 0.2) is 6.10 Å². The van der Waals surface area contributed by atoms with Crippen molar-refractivity contribution in [1.82, 2.24) is 15.0 Å². The number of hydrogen-bond donors (Lipinski definition) is 2. The lowest BCUT2D eigenvalue weighted by atomic mass is 9.85. The van der Waals surface area contributed by atoms with Crippen LogP contribution in [0.3, 0.4) is 0 Å². The predicted molar refractivity (Wildman–Crippen MR) is 162 cm³/mol. The van der Waals surface area contributed by atoms with E-state index in [0.29, 0.717) is 27.8 Å². The van der Waals surface area contributed by atoms with Gasteiger partial charge in [-0.05, 0) is 66.4 Å². The Morgan fingerprint density at radius 2 is 1.76 bits per heavy atom. The molecule has 42 heavy (non-hydrogen) atoms. The van der Waals surface area contributed by atoms with Crippen LogP contribution in [0.2, 0.25) is 0 Å². The summed E-state index contributed by atoms with van der Waals surface area (Å²) in [6.45, 7) is 10.0. The number of carbonyl (C=O) groups excluding carboxylic acids is 2. The Morgan fingerprint density at radius 3 is 2.43 bits per heavy atom. The highest BCUT2D eigenvalue weighted by Gasteiger charge is 2.23. The number of benzene rings is 3. The minimum atomic E-state index is -1.03. The molecule has 0 saturated carbocycles.